The monoisotopic (exact) mass is 984 g/mol. The van der Waals surface area contributed by atoms with Crippen LogP contribution in [0.4, 0.5) is 51.2 Å². The van der Waals surface area contributed by atoms with E-state index in [-0.39, 0.29) is 39.2 Å². The van der Waals surface area contributed by atoms with Crippen molar-refractivity contribution in [3.05, 3.63) is 203 Å². The molecule has 0 saturated heterocycles. The molecule has 0 bridgehead atoms. The van der Waals surface area contributed by atoms with Crippen molar-refractivity contribution in [3.63, 3.8) is 0 Å². The summed E-state index contributed by atoms with van der Waals surface area (Å²) in [4.78, 5) is 7.71. The Morgan fingerprint density at radius 2 is 0.800 bits per heavy atom. The summed E-state index contributed by atoms with van der Waals surface area (Å²) < 4.78 is 0. The van der Waals surface area contributed by atoms with Gasteiger partial charge in [0.1, 0.15) is 0 Å². The minimum absolute atomic E-state index is 0.0303. The summed E-state index contributed by atoms with van der Waals surface area (Å²) >= 11 is 0. The van der Waals surface area contributed by atoms with Crippen LogP contribution in [-0.2, 0) is 32.5 Å². The van der Waals surface area contributed by atoms with Gasteiger partial charge in [-0.15, -0.1) is 0 Å². The Labute approximate surface area is 450 Å². The molecule has 1 aliphatic carbocycles. The van der Waals surface area contributed by atoms with E-state index >= 15 is 0 Å². The quantitative estimate of drug-likeness (QED) is 0.159. The van der Waals surface area contributed by atoms with E-state index in [9.17, 15) is 0 Å². The maximum atomic E-state index is 2.64. The van der Waals surface area contributed by atoms with E-state index in [2.05, 4.69) is 296 Å². The van der Waals surface area contributed by atoms with Gasteiger partial charge in [-0.1, -0.05) is 203 Å². The molecule has 8 aromatic rings. The third kappa shape index (κ3) is 8.52. The third-order valence-electron chi connectivity index (χ3n) is 16.8. The molecule has 3 aliphatic rings. The highest BCUT2D eigenvalue weighted by molar-refractivity contribution is 7.00. The second-order valence-corrected chi connectivity index (χ2v) is 27.7. The summed E-state index contributed by atoms with van der Waals surface area (Å²) in [5, 5.41) is 0. The van der Waals surface area contributed by atoms with E-state index in [4.69, 9.17) is 0 Å². The van der Waals surface area contributed by atoms with E-state index in [1.807, 2.05) is 0 Å². The van der Waals surface area contributed by atoms with Gasteiger partial charge in [0.15, 0.2) is 0 Å². The Hall–Kier alpha value is -6.78. The van der Waals surface area contributed by atoms with Crippen LogP contribution >= 0.6 is 0 Å². The fraction of sp³-hybridized carbons (Fsp3) is 0.324. The minimum atomic E-state index is -0.175. The first-order valence-electron chi connectivity index (χ1n) is 27.5. The zero-order chi connectivity index (χ0) is 53.5. The van der Waals surface area contributed by atoms with E-state index in [0.717, 1.165) is 17.1 Å². The number of hydrogen-bond acceptors (Lipinski definition) is 3. The molecule has 0 aromatic heterocycles. The van der Waals surface area contributed by atoms with Crippen LogP contribution in [0, 0.1) is 0 Å². The topological polar surface area (TPSA) is 9.72 Å². The number of anilines is 9. The average Bonchev–Trinajstić information content (AvgIpc) is 3.61. The van der Waals surface area contributed by atoms with Crippen molar-refractivity contribution < 1.29 is 0 Å². The van der Waals surface area contributed by atoms with Crippen LogP contribution in [0.1, 0.15) is 157 Å². The third-order valence-corrected chi connectivity index (χ3v) is 16.8. The summed E-state index contributed by atoms with van der Waals surface area (Å²) in [6.07, 6.45) is 0. The maximum Gasteiger partial charge on any atom is 0.252 e. The zero-order valence-corrected chi connectivity index (χ0v) is 48.0. The molecule has 3 nitrogen and oxygen atoms in total. The number of fused-ring (bicyclic) bond motifs is 7. The van der Waals surface area contributed by atoms with Crippen molar-refractivity contribution in [1.29, 1.82) is 0 Å². The Bertz CT molecular complexity index is 3470. The lowest BCUT2D eigenvalue weighted by atomic mass is 9.33. The zero-order valence-electron chi connectivity index (χ0n) is 48.0. The van der Waals surface area contributed by atoms with Crippen molar-refractivity contribution in [3.8, 4) is 11.1 Å². The highest BCUT2D eigenvalue weighted by Gasteiger charge is 2.46. The molecule has 75 heavy (non-hydrogen) atoms. The predicted molar refractivity (Wildman–Crippen MR) is 326 cm³/mol. The lowest BCUT2D eigenvalue weighted by Crippen LogP contribution is -2.61. The van der Waals surface area contributed by atoms with Gasteiger partial charge in [-0.25, -0.2) is 0 Å². The lowest BCUT2D eigenvalue weighted by Gasteiger charge is -2.46. The van der Waals surface area contributed by atoms with Crippen molar-refractivity contribution in [2.24, 2.45) is 0 Å². The van der Waals surface area contributed by atoms with Crippen molar-refractivity contribution in [2.45, 2.75) is 150 Å². The summed E-state index contributed by atoms with van der Waals surface area (Å²) in [6.45, 7) is 39.6. The second-order valence-electron chi connectivity index (χ2n) is 27.7. The molecule has 8 aromatic carbocycles. The van der Waals surface area contributed by atoms with Gasteiger partial charge < -0.3 is 14.7 Å². The van der Waals surface area contributed by atoms with E-state index < -0.39 is 0 Å². The van der Waals surface area contributed by atoms with E-state index in [1.54, 1.807) is 0 Å². The van der Waals surface area contributed by atoms with Crippen LogP contribution in [0.15, 0.2) is 164 Å². The Morgan fingerprint density at radius 3 is 1.33 bits per heavy atom. The van der Waals surface area contributed by atoms with Crippen molar-refractivity contribution in [1.82, 2.24) is 0 Å². The fourth-order valence-electron chi connectivity index (χ4n) is 12.2. The maximum absolute atomic E-state index is 2.64. The van der Waals surface area contributed by atoms with Crippen molar-refractivity contribution >= 4 is 74.3 Å². The first kappa shape index (κ1) is 50.4. The van der Waals surface area contributed by atoms with Gasteiger partial charge in [-0.05, 0) is 172 Å². The molecule has 11 rings (SSSR count). The Balaban J connectivity index is 1.23. The van der Waals surface area contributed by atoms with Gasteiger partial charge in [-0.3, -0.25) is 0 Å². The van der Waals surface area contributed by atoms with Gasteiger partial charge in [-0.2, -0.15) is 0 Å². The molecule has 2 aliphatic heterocycles. The summed E-state index contributed by atoms with van der Waals surface area (Å²) in [7, 11) is 0. The normalized spacial score (nSPS) is 14.8. The van der Waals surface area contributed by atoms with Gasteiger partial charge in [0, 0.05) is 56.6 Å². The smallest absolute Gasteiger partial charge is 0.252 e. The van der Waals surface area contributed by atoms with Gasteiger partial charge in [0.05, 0.1) is 0 Å². The molecule has 0 amide bonds. The van der Waals surface area contributed by atoms with Crippen LogP contribution < -0.4 is 31.1 Å². The molecule has 380 valence electrons. The van der Waals surface area contributed by atoms with E-state index in [0.29, 0.717) is 0 Å². The second kappa shape index (κ2) is 17.1. The summed E-state index contributed by atoms with van der Waals surface area (Å²) in [5.41, 5.74) is 26.4. The van der Waals surface area contributed by atoms with Crippen LogP contribution in [-0.4, -0.2) is 6.71 Å². The number of rotatable bonds is 5. The van der Waals surface area contributed by atoms with Gasteiger partial charge in [0.25, 0.3) is 6.71 Å². The molecule has 0 fully saturated rings. The lowest BCUT2D eigenvalue weighted by molar-refractivity contribution is 0.589. The Kier molecular flexibility index (Phi) is 11.5. The molecule has 2 heterocycles. The number of benzene rings is 8. The molecule has 0 radical (unpaired) electrons. The summed E-state index contributed by atoms with van der Waals surface area (Å²) in [6, 6.07) is 64.1. The van der Waals surface area contributed by atoms with Gasteiger partial charge >= 0.3 is 0 Å². The Morgan fingerprint density at radius 1 is 0.347 bits per heavy atom. The van der Waals surface area contributed by atoms with Crippen LogP contribution in [0.25, 0.3) is 11.1 Å². The summed E-state index contributed by atoms with van der Waals surface area (Å²) in [5.74, 6) is 0. The number of nitrogens with zero attached hydrogens (tertiary/aromatic N) is 3. The van der Waals surface area contributed by atoms with Crippen LogP contribution in [0.3, 0.4) is 0 Å². The standard InChI is InChI=1S/C71H78BN3/c1-66(2,3)45-22-29-50(30-23-45)73(51-31-24-46(25-32-51)67(4,5)6)54-36-38-59-62(44-54)75(53-35-37-56-55-20-18-19-21-57(55)71(16,17)58(56)43-53)64-42-49(70(13,14)15)41-63-65(64)72(59)60-40-48(69(10,11)12)28-39-61(60)74(63)52-33-26-47(27-34-52)68(7,8)9/h18-44H,1-17H3. The SMILES string of the molecule is CC(C)(C)c1ccc(N(c2ccc(C(C)(C)C)cc2)c2ccc3c(c2)N(c2ccc4c(c2)C(C)(C)c2ccccc2-4)c2cc(C(C)(C)C)cc4c2B3c2cc(C(C)(C)C)ccc2N4c2ccc(C(C)(C)C)cc2)cc1. The van der Waals surface area contributed by atoms with Crippen LogP contribution in [0.5, 0.6) is 0 Å². The van der Waals surface area contributed by atoms with Crippen LogP contribution in [0.2, 0.25) is 0 Å². The van der Waals surface area contributed by atoms with Gasteiger partial charge in [0.2, 0.25) is 0 Å². The molecule has 0 unspecified atom stereocenters. The average molecular weight is 984 g/mol. The minimum Gasteiger partial charge on any atom is -0.311 e. The molecule has 0 atom stereocenters. The molecular formula is C71H78BN3. The number of hydrogen-bond donors (Lipinski definition) is 0. The van der Waals surface area contributed by atoms with Crippen molar-refractivity contribution in [2.75, 3.05) is 14.7 Å². The first-order valence-corrected chi connectivity index (χ1v) is 27.5. The first-order chi connectivity index (χ1) is 35.1. The fourth-order valence-corrected chi connectivity index (χ4v) is 12.2. The molecule has 4 heteroatoms. The highest BCUT2D eigenvalue weighted by atomic mass is 15.2. The molecule has 0 spiro atoms. The van der Waals surface area contributed by atoms with E-state index in [1.165, 1.54) is 101 Å². The molecule has 0 N–H and O–H groups in total. The molecular weight excluding hydrogens is 906 g/mol. The predicted octanol–water partition coefficient (Wildman–Crippen LogP) is 18.0. The molecule has 0 saturated carbocycles. The largest absolute Gasteiger partial charge is 0.311 e. The highest BCUT2D eigenvalue weighted by Crippen LogP contribution is 2.53.